The summed E-state index contributed by atoms with van der Waals surface area (Å²) in [6.45, 7) is 9.68. The first kappa shape index (κ1) is 21.9. The number of fused-ring (bicyclic) bond motifs is 1. The molecule has 0 aliphatic carbocycles. The van der Waals surface area contributed by atoms with Crippen molar-refractivity contribution in [3.8, 4) is 11.3 Å². The third-order valence-corrected chi connectivity index (χ3v) is 5.40. The van der Waals surface area contributed by atoms with Gasteiger partial charge in [-0.3, -0.25) is 0 Å². The molecule has 0 bridgehead atoms. The summed E-state index contributed by atoms with van der Waals surface area (Å²) in [4.78, 5) is 4.49. The number of nitrogens with zero attached hydrogens (tertiary/aromatic N) is 1. The number of pyridine rings is 1. The van der Waals surface area contributed by atoms with Crippen LogP contribution in [-0.4, -0.2) is 25.1 Å². The van der Waals surface area contributed by atoms with E-state index in [1.807, 2.05) is 32.0 Å². The highest BCUT2D eigenvalue weighted by Crippen LogP contribution is 2.30. The standard InChI is InChI=1S/C23H23F2N3.C2H6.H2/c1-14-19(13-26-2)10-18(12-20(14)24)22-4-3-16-9-17(11-21(25)23(16)28-22)15-5-7-27-8-6-15;1-2;/h3-4,9-13,15,26-27H,1,5-8H2,2H3;1-2H3;1H/b19-13-;;. The molecule has 2 N–H and O–H groups in total. The van der Waals surface area contributed by atoms with E-state index >= 15 is 0 Å². The van der Waals surface area contributed by atoms with Crippen LogP contribution in [0, 0.1) is 11.6 Å². The minimum atomic E-state index is -0.414. The molecule has 1 fully saturated rings. The Morgan fingerprint density at radius 1 is 1.10 bits per heavy atom. The van der Waals surface area contributed by atoms with E-state index in [4.69, 9.17) is 0 Å². The molecule has 0 radical (unpaired) electrons. The van der Waals surface area contributed by atoms with E-state index in [0.717, 1.165) is 36.9 Å². The SMILES string of the molecule is C=c1c(F)cc(-c2ccc3cc(C4CCNCC4)cc(F)c3n2)c/c1=C/NC.CC.[HH]. The zero-order valence-electron chi connectivity index (χ0n) is 17.9. The summed E-state index contributed by atoms with van der Waals surface area (Å²) < 4.78 is 29.1. The van der Waals surface area contributed by atoms with Crippen molar-refractivity contribution in [3.05, 3.63) is 64.0 Å². The molecule has 2 aromatic carbocycles. The Bertz CT molecular complexity index is 1140. The van der Waals surface area contributed by atoms with Gasteiger partial charge >= 0.3 is 0 Å². The van der Waals surface area contributed by atoms with Crippen molar-refractivity contribution in [1.82, 2.24) is 15.6 Å². The van der Waals surface area contributed by atoms with Crippen LogP contribution in [0.1, 0.15) is 39.6 Å². The predicted octanol–water partition coefficient (Wildman–Crippen LogP) is 4.29. The van der Waals surface area contributed by atoms with E-state index < -0.39 is 5.82 Å². The molecule has 1 aliphatic heterocycles. The normalized spacial score (nSPS) is 15.0. The van der Waals surface area contributed by atoms with Gasteiger partial charge in [-0.2, -0.15) is 0 Å². The monoisotopic (exact) mass is 411 g/mol. The number of halogens is 2. The van der Waals surface area contributed by atoms with Crippen molar-refractivity contribution in [1.29, 1.82) is 0 Å². The van der Waals surface area contributed by atoms with Crippen LogP contribution in [0.2, 0.25) is 0 Å². The van der Waals surface area contributed by atoms with Gasteiger partial charge in [-0.25, -0.2) is 13.8 Å². The lowest BCUT2D eigenvalue weighted by Crippen LogP contribution is -2.28. The first-order valence-electron chi connectivity index (χ1n) is 10.5. The second-order valence-corrected chi connectivity index (χ2v) is 7.25. The van der Waals surface area contributed by atoms with E-state index in [1.165, 1.54) is 6.07 Å². The minimum absolute atomic E-state index is 0. The fraction of sp³-hybridized carbons (Fsp3) is 0.320. The molecule has 3 nitrogen and oxygen atoms in total. The van der Waals surface area contributed by atoms with Gasteiger partial charge in [-0.15, -0.1) is 0 Å². The Labute approximate surface area is 178 Å². The van der Waals surface area contributed by atoms with Crippen molar-refractivity contribution in [2.45, 2.75) is 32.6 Å². The maximum Gasteiger partial charge on any atom is 0.149 e. The molecular weight excluding hydrogens is 380 g/mol. The Balaban J connectivity index is 0.00000111. The highest BCUT2D eigenvalue weighted by Gasteiger charge is 2.18. The predicted molar refractivity (Wildman–Crippen MR) is 124 cm³/mol. The third kappa shape index (κ3) is 4.51. The highest BCUT2D eigenvalue weighted by atomic mass is 19.1. The molecule has 160 valence electrons. The lowest BCUT2D eigenvalue weighted by Gasteiger charge is -2.23. The summed E-state index contributed by atoms with van der Waals surface area (Å²) in [5.41, 5.74) is 2.47. The number of rotatable bonds is 3. The van der Waals surface area contributed by atoms with Gasteiger partial charge in [0.05, 0.1) is 5.69 Å². The molecule has 1 saturated heterocycles. The van der Waals surface area contributed by atoms with Crippen LogP contribution in [-0.2, 0) is 0 Å². The zero-order chi connectivity index (χ0) is 21.7. The molecule has 0 amide bonds. The average Bonchev–Trinajstić information content (AvgIpc) is 2.78. The Kier molecular flexibility index (Phi) is 7.16. The topological polar surface area (TPSA) is 37.0 Å². The average molecular weight is 412 g/mol. The zero-order valence-corrected chi connectivity index (χ0v) is 17.9. The molecule has 0 spiro atoms. The molecule has 0 unspecified atom stereocenters. The van der Waals surface area contributed by atoms with Gasteiger partial charge in [-0.1, -0.05) is 26.5 Å². The number of piperidine rings is 1. The fourth-order valence-electron chi connectivity index (χ4n) is 3.86. The maximum absolute atomic E-state index is 14.9. The van der Waals surface area contributed by atoms with E-state index in [0.29, 0.717) is 33.1 Å². The van der Waals surface area contributed by atoms with Crippen LogP contribution < -0.4 is 21.1 Å². The van der Waals surface area contributed by atoms with Crippen LogP contribution in [0.15, 0.2) is 36.4 Å². The molecule has 1 aromatic heterocycles. The summed E-state index contributed by atoms with van der Waals surface area (Å²) in [6.07, 6.45) is 3.71. The summed E-state index contributed by atoms with van der Waals surface area (Å²) in [7, 11) is 1.74. The Hall–Kier alpha value is -2.79. The molecule has 4 rings (SSSR count). The van der Waals surface area contributed by atoms with Gasteiger partial charge in [-0.05, 0) is 67.7 Å². The van der Waals surface area contributed by atoms with Gasteiger partial charge in [0.25, 0.3) is 0 Å². The second kappa shape index (κ2) is 9.81. The van der Waals surface area contributed by atoms with Crippen LogP contribution in [0.4, 0.5) is 8.78 Å². The van der Waals surface area contributed by atoms with Gasteiger partial charge in [0, 0.05) is 36.1 Å². The quantitative estimate of drug-likeness (QED) is 0.675. The number of aromatic nitrogens is 1. The van der Waals surface area contributed by atoms with Crippen molar-refractivity contribution in [2.24, 2.45) is 0 Å². The van der Waals surface area contributed by atoms with Crippen molar-refractivity contribution < 1.29 is 10.2 Å². The fourth-order valence-corrected chi connectivity index (χ4v) is 3.86. The molecule has 1 aliphatic rings. The Morgan fingerprint density at radius 3 is 2.53 bits per heavy atom. The minimum Gasteiger partial charge on any atom is -0.393 e. The first-order chi connectivity index (χ1) is 14.6. The van der Waals surface area contributed by atoms with E-state index in [-0.39, 0.29) is 7.24 Å². The molecule has 0 saturated carbocycles. The lowest BCUT2D eigenvalue weighted by molar-refractivity contribution is 0.459. The van der Waals surface area contributed by atoms with Gasteiger partial charge in [0.1, 0.15) is 17.2 Å². The van der Waals surface area contributed by atoms with E-state index in [9.17, 15) is 8.78 Å². The largest absolute Gasteiger partial charge is 0.393 e. The van der Waals surface area contributed by atoms with Crippen molar-refractivity contribution in [2.75, 3.05) is 20.1 Å². The number of benzene rings is 2. The van der Waals surface area contributed by atoms with Crippen LogP contribution >= 0.6 is 0 Å². The highest BCUT2D eigenvalue weighted by molar-refractivity contribution is 5.83. The van der Waals surface area contributed by atoms with Crippen LogP contribution in [0.5, 0.6) is 0 Å². The molecule has 30 heavy (non-hydrogen) atoms. The van der Waals surface area contributed by atoms with Gasteiger partial charge in [0.2, 0.25) is 0 Å². The summed E-state index contributed by atoms with van der Waals surface area (Å²) in [5.74, 6) is -0.370. The van der Waals surface area contributed by atoms with Crippen LogP contribution in [0.3, 0.4) is 0 Å². The number of hydrogen-bond acceptors (Lipinski definition) is 3. The lowest BCUT2D eigenvalue weighted by atomic mass is 9.89. The van der Waals surface area contributed by atoms with Gasteiger partial charge in [0.15, 0.2) is 0 Å². The maximum atomic E-state index is 14.9. The van der Waals surface area contributed by atoms with Crippen molar-refractivity contribution in [3.63, 3.8) is 0 Å². The summed E-state index contributed by atoms with van der Waals surface area (Å²) in [6, 6.07) is 10.5. The Morgan fingerprint density at radius 2 is 1.83 bits per heavy atom. The van der Waals surface area contributed by atoms with Crippen LogP contribution in [0.25, 0.3) is 34.9 Å². The summed E-state index contributed by atoms with van der Waals surface area (Å²) in [5, 5.41) is 7.95. The third-order valence-electron chi connectivity index (χ3n) is 5.40. The van der Waals surface area contributed by atoms with Gasteiger partial charge < -0.3 is 10.6 Å². The molecule has 2 heterocycles. The number of hydrogen-bond donors (Lipinski definition) is 2. The van der Waals surface area contributed by atoms with E-state index in [2.05, 4.69) is 22.2 Å². The molecule has 3 aromatic rings. The van der Waals surface area contributed by atoms with E-state index in [1.54, 1.807) is 25.4 Å². The molecule has 5 heteroatoms. The summed E-state index contributed by atoms with van der Waals surface area (Å²) >= 11 is 0. The van der Waals surface area contributed by atoms with Crippen molar-refractivity contribution >= 4 is 23.7 Å². The number of nitrogens with one attached hydrogen (secondary N) is 2. The second-order valence-electron chi connectivity index (χ2n) is 7.25. The first-order valence-corrected chi connectivity index (χ1v) is 10.5. The smallest absolute Gasteiger partial charge is 0.149 e. The molecule has 0 atom stereocenters. The molecular formula is C25H31F2N3.